The van der Waals surface area contributed by atoms with Gasteiger partial charge in [0.15, 0.2) is 0 Å². The minimum atomic E-state index is -0.276. The molecule has 0 bridgehead atoms. The molecule has 0 aliphatic carbocycles. The molecule has 0 saturated carbocycles. The third-order valence-corrected chi connectivity index (χ3v) is 5.40. The van der Waals surface area contributed by atoms with Crippen molar-refractivity contribution in [3.8, 4) is 16.9 Å². The molecule has 0 aliphatic rings. The number of hydrogen-bond acceptors (Lipinski definition) is 3. The Bertz CT molecular complexity index is 1110. The SMILES string of the molecule is CCC(NCc1cn(-c2ccc(F)cc2)nc1-c1ccccc1Cl)c1ccncc1. The average molecular weight is 421 g/mol. The third kappa shape index (κ3) is 4.42. The summed E-state index contributed by atoms with van der Waals surface area (Å²) in [7, 11) is 0. The van der Waals surface area contributed by atoms with E-state index in [0.29, 0.717) is 11.6 Å². The van der Waals surface area contributed by atoms with Crippen LogP contribution in [0.4, 0.5) is 4.39 Å². The normalized spacial score (nSPS) is 12.1. The first-order valence-corrected chi connectivity index (χ1v) is 10.3. The van der Waals surface area contributed by atoms with Gasteiger partial charge in [-0.25, -0.2) is 9.07 Å². The Kier molecular flexibility index (Phi) is 6.21. The van der Waals surface area contributed by atoms with Gasteiger partial charge >= 0.3 is 0 Å². The molecule has 30 heavy (non-hydrogen) atoms. The molecule has 2 heterocycles. The number of rotatable bonds is 7. The van der Waals surface area contributed by atoms with Crippen LogP contribution < -0.4 is 5.32 Å². The van der Waals surface area contributed by atoms with Crippen LogP contribution in [0, 0.1) is 5.82 Å². The van der Waals surface area contributed by atoms with Crippen molar-refractivity contribution >= 4 is 11.6 Å². The van der Waals surface area contributed by atoms with Gasteiger partial charge in [0.2, 0.25) is 0 Å². The molecule has 6 heteroatoms. The highest BCUT2D eigenvalue weighted by atomic mass is 35.5. The predicted octanol–water partition coefficient (Wildman–Crippen LogP) is 5.97. The zero-order valence-electron chi connectivity index (χ0n) is 16.6. The van der Waals surface area contributed by atoms with E-state index in [9.17, 15) is 4.39 Å². The average Bonchev–Trinajstić information content (AvgIpc) is 3.20. The number of aromatic nitrogens is 3. The Morgan fingerprint density at radius 3 is 2.47 bits per heavy atom. The van der Waals surface area contributed by atoms with Crippen LogP contribution in [-0.4, -0.2) is 14.8 Å². The summed E-state index contributed by atoms with van der Waals surface area (Å²) in [5.41, 5.74) is 4.67. The fraction of sp³-hybridized carbons (Fsp3) is 0.167. The molecule has 1 N–H and O–H groups in total. The van der Waals surface area contributed by atoms with Crippen LogP contribution in [0.2, 0.25) is 5.02 Å². The lowest BCUT2D eigenvalue weighted by Gasteiger charge is -2.17. The molecular weight excluding hydrogens is 399 g/mol. The van der Waals surface area contributed by atoms with Crippen LogP contribution in [0.5, 0.6) is 0 Å². The molecule has 0 fully saturated rings. The van der Waals surface area contributed by atoms with Gasteiger partial charge in [0, 0.05) is 42.3 Å². The standard InChI is InChI=1S/C24H22ClFN4/c1-2-23(17-11-13-27-14-12-17)28-15-18-16-30(20-9-7-19(26)8-10-20)29-24(18)21-5-3-4-6-22(21)25/h3-14,16,23,28H,2,15H2,1H3. The number of halogens is 2. The maximum atomic E-state index is 13.4. The molecule has 4 rings (SSSR count). The van der Waals surface area contributed by atoms with Crippen molar-refractivity contribution in [3.63, 3.8) is 0 Å². The van der Waals surface area contributed by atoms with Crippen molar-refractivity contribution in [1.82, 2.24) is 20.1 Å². The minimum absolute atomic E-state index is 0.196. The summed E-state index contributed by atoms with van der Waals surface area (Å²) in [6.45, 7) is 2.76. The zero-order valence-corrected chi connectivity index (χ0v) is 17.4. The third-order valence-electron chi connectivity index (χ3n) is 5.07. The monoisotopic (exact) mass is 420 g/mol. The first kappa shape index (κ1) is 20.3. The summed E-state index contributed by atoms with van der Waals surface area (Å²) in [4.78, 5) is 4.10. The van der Waals surface area contributed by atoms with Crippen molar-refractivity contribution in [1.29, 1.82) is 0 Å². The molecule has 2 aromatic carbocycles. The van der Waals surface area contributed by atoms with Crippen molar-refractivity contribution in [2.75, 3.05) is 0 Å². The highest BCUT2D eigenvalue weighted by molar-refractivity contribution is 6.33. The van der Waals surface area contributed by atoms with E-state index in [1.807, 2.05) is 42.6 Å². The smallest absolute Gasteiger partial charge is 0.123 e. The first-order chi connectivity index (χ1) is 14.7. The summed E-state index contributed by atoms with van der Waals surface area (Å²) in [5, 5.41) is 9.04. The summed E-state index contributed by atoms with van der Waals surface area (Å²) < 4.78 is 15.1. The van der Waals surface area contributed by atoms with Gasteiger partial charge in [0.25, 0.3) is 0 Å². The van der Waals surface area contributed by atoms with E-state index in [2.05, 4.69) is 17.2 Å². The molecule has 1 unspecified atom stereocenters. The van der Waals surface area contributed by atoms with Crippen LogP contribution >= 0.6 is 11.6 Å². The predicted molar refractivity (Wildman–Crippen MR) is 118 cm³/mol. The van der Waals surface area contributed by atoms with E-state index in [1.165, 1.54) is 17.7 Å². The van der Waals surface area contributed by atoms with Gasteiger partial charge in [0.1, 0.15) is 5.82 Å². The van der Waals surface area contributed by atoms with Gasteiger partial charge in [-0.15, -0.1) is 0 Å². The molecule has 0 radical (unpaired) electrons. The number of nitrogens with zero attached hydrogens (tertiary/aromatic N) is 3. The van der Waals surface area contributed by atoms with E-state index < -0.39 is 0 Å². The topological polar surface area (TPSA) is 42.7 Å². The van der Waals surface area contributed by atoms with Crippen LogP contribution in [0.3, 0.4) is 0 Å². The number of hydrogen-bond donors (Lipinski definition) is 1. The fourth-order valence-corrected chi connectivity index (χ4v) is 3.70. The Labute approximate surface area is 180 Å². The van der Waals surface area contributed by atoms with Gasteiger partial charge in [-0.3, -0.25) is 4.98 Å². The highest BCUT2D eigenvalue weighted by Crippen LogP contribution is 2.30. The Morgan fingerprint density at radius 2 is 1.77 bits per heavy atom. The van der Waals surface area contributed by atoms with Gasteiger partial charge in [-0.1, -0.05) is 36.7 Å². The molecular formula is C24H22ClFN4. The maximum absolute atomic E-state index is 13.4. The van der Waals surface area contributed by atoms with Crippen LogP contribution in [0.25, 0.3) is 16.9 Å². The number of nitrogens with one attached hydrogen (secondary N) is 1. The summed E-state index contributed by atoms with van der Waals surface area (Å²) in [5.74, 6) is -0.276. The van der Waals surface area contributed by atoms with E-state index in [4.69, 9.17) is 16.7 Å². The van der Waals surface area contributed by atoms with Gasteiger partial charge < -0.3 is 5.32 Å². The van der Waals surface area contributed by atoms with Crippen molar-refractivity contribution in [3.05, 3.63) is 101 Å². The second-order valence-corrected chi connectivity index (χ2v) is 7.43. The molecule has 4 nitrogen and oxygen atoms in total. The van der Waals surface area contributed by atoms with Crippen molar-refractivity contribution < 1.29 is 4.39 Å². The number of benzene rings is 2. The second-order valence-electron chi connectivity index (χ2n) is 7.03. The molecule has 0 amide bonds. The van der Waals surface area contributed by atoms with Crippen molar-refractivity contribution in [2.24, 2.45) is 0 Å². The van der Waals surface area contributed by atoms with E-state index in [0.717, 1.165) is 28.9 Å². The summed E-state index contributed by atoms with van der Waals surface area (Å²) in [6.07, 6.45) is 6.53. The Balaban J connectivity index is 1.68. The molecule has 0 spiro atoms. The van der Waals surface area contributed by atoms with Gasteiger partial charge in [-0.2, -0.15) is 5.10 Å². The lowest BCUT2D eigenvalue weighted by atomic mass is 10.0. The lowest BCUT2D eigenvalue weighted by molar-refractivity contribution is 0.519. The fourth-order valence-electron chi connectivity index (χ4n) is 3.47. The van der Waals surface area contributed by atoms with E-state index in [-0.39, 0.29) is 11.9 Å². The summed E-state index contributed by atoms with van der Waals surface area (Å²) >= 11 is 6.47. The molecule has 0 aliphatic heterocycles. The molecule has 2 aromatic heterocycles. The highest BCUT2D eigenvalue weighted by Gasteiger charge is 2.16. The van der Waals surface area contributed by atoms with E-state index in [1.54, 1.807) is 29.2 Å². The zero-order chi connectivity index (χ0) is 20.9. The maximum Gasteiger partial charge on any atom is 0.123 e. The quantitative estimate of drug-likeness (QED) is 0.400. The Morgan fingerprint density at radius 1 is 1.03 bits per heavy atom. The lowest BCUT2D eigenvalue weighted by Crippen LogP contribution is -2.20. The van der Waals surface area contributed by atoms with Gasteiger partial charge in [-0.05, 0) is 54.4 Å². The molecule has 0 saturated heterocycles. The molecule has 1 atom stereocenters. The second kappa shape index (κ2) is 9.20. The van der Waals surface area contributed by atoms with Gasteiger partial charge in [0.05, 0.1) is 16.4 Å². The largest absolute Gasteiger partial charge is 0.306 e. The van der Waals surface area contributed by atoms with Crippen molar-refractivity contribution in [2.45, 2.75) is 25.9 Å². The Hall–Kier alpha value is -3.02. The summed E-state index contributed by atoms with van der Waals surface area (Å²) in [6, 6.07) is 18.2. The van der Waals surface area contributed by atoms with Crippen LogP contribution in [-0.2, 0) is 6.54 Å². The molecule has 152 valence electrons. The minimum Gasteiger partial charge on any atom is -0.306 e. The van der Waals surface area contributed by atoms with Crippen LogP contribution in [0.15, 0.2) is 79.3 Å². The van der Waals surface area contributed by atoms with Crippen LogP contribution in [0.1, 0.15) is 30.5 Å². The molecule has 4 aromatic rings. The first-order valence-electron chi connectivity index (χ1n) is 9.88. The number of pyridine rings is 1. The van der Waals surface area contributed by atoms with E-state index >= 15 is 0 Å².